The molecule has 0 bridgehead atoms. The molecule has 0 aliphatic carbocycles. The number of carbonyl (C=O) groups is 1. The molecule has 106 valence electrons. The summed E-state index contributed by atoms with van der Waals surface area (Å²) in [4.78, 5) is 12.0. The Labute approximate surface area is 116 Å². The quantitative estimate of drug-likeness (QED) is 0.382. The van der Waals surface area contributed by atoms with Gasteiger partial charge < -0.3 is 9.47 Å². The highest BCUT2D eigenvalue weighted by molar-refractivity contribution is 5.90. The van der Waals surface area contributed by atoms with Crippen LogP contribution in [0.15, 0.2) is 11.6 Å². The van der Waals surface area contributed by atoms with Gasteiger partial charge in [0.25, 0.3) is 0 Å². The molecule has 0 amide bonds. The number of hydrogen-bond donors (Lipinski definition) is 0. The van der Waals surface area contributed by atoms with Gasteiger partial charge in [0.15, 0.2) is 0 Å². The molecular weight excluding hydrogens is 240 g/mol. The highest BCUT2D eigenvalue weighted by Crippen LogP contribution is 2.30. The Kier molecular flexibility index (Phi) is 4.47. The first-order chi connectivity index (χ1) is 8.50. The Bertz CT molecular complexity index is 435. The first-order valence-electron chi connectivity index (χ1n) is 6.60. The van der Waals surface area contributed by atoms with E-state index in [-0.39, 0.29) is 22.9 Å². The lowest BCUT2D eigenvalue weighted by atomic mass is 9.94. The summed E-state index contributed by atoms with van der Waals surface area (Å²) in [5.74, 6) is 5.65. The van der Waals surface area contributed by atoms with Crippen LogP contribution in [0.3, 0.4) is 0 Å². The van der Waals surface area contributed by atoms with Gasteiger partial charge in [0, 0.05) is 16.9 Å². The molecule has 0 saturated carbocycles. The van der Waals surface area contributed by atoms with E-state index in [4.69, 9.17) is 9.47 Å². The van der Waals surface area contributed by atoms with E-state index in [1.165, 1.54) is 0 Å². The number of rotatable bonds is 0. The van der Waals surface area contributed by atoms with E-state index >= 15 is 0 Å². The van der Waals surface area contributed by atoms with Crippen molar-refractivity contribution in [2.24, 2.45) is 10.8 Å². The molecule has 1 heterocycles. The van der Waals surface area contributed by atoms with Gasteiger partial charge in [0.2, 0.25) is 6.29 Å². The molecule has 0 aromatic rings. The highest BCUT2D eigenvalue weighted by atomic mass is 16.7. The number of cyclic esters (lactones) is 1. The van der Waals surface area contributed by atoms with Gasteiger partial charge in [-0.1, -0.05) is 32.6 Å². The maximum atomic E-state index is 12.0. The average molecular weight is 264 g/mol. The second-order valence-corrected chi connectivity index (χ2v) is 7.00. The lowest BCUT2D eigenvalue weighted by Gasteiger charge is -2.36. The van der Waals surface area contributed by atoms with Crippen LogP contribution in [-0.2, 0) is 14.3 Å². The van der Waals surface area contributed by atoms with Crippen LogP contribution >= 0.6 is 0 Å². The molecule has 19 heavy (non-hydrogen) atoms. The summed E-state index contributed by atoms with van der Waals surface area (Å²) < 4.78 is 11.1. The normalized spacial score (nSPS) is 26.7. The Morgan fingerprint density at radius 1 is 1.16 bits per heavy atom. The van der Waals surface area contributed by atoms with Crippen LogP contribution in [0.5, 0.6) is 0 Å². The summed E-state index contributed by atoms with van der Waals surface area (Å²) in [6.07, 6.45) is 0.805. The third-order valence-electron chi connectivity index (χ3n) is 2.60. The van der Waals surface area contributed by atoms with Gasteiger partial charge in [-0.15, -0.1) is 0 Å². The van der Waals surface area contributed by atoms with Gasteiger partial charge in [-0.05, 0) is 27.7 Å². The van der Waals surface area contributed by atoms with Crippen LogP contribution in [0.1, 0.15) is 48.5 Å². The Morgan fingerprint density at radius 3 is 2.16 bits per heavy atom. The molecule has 2 atom stereocenters. The first-order valence-corrected chi connectivity index (χ1v) is 6.60. The SMILES string of the molecule is C[C@H]1O[C@@H](C(C)(C)C)OC(=O)/C1=C/C#CC(C)(C)C. The van der Waals surface area contributed by atoms with Crippen LogP contribution < -0.4 is 0 Å². The Hall–Kier alpha value is -1.27. The fourth-order valence-electron chi connectivity index (χ4n) is 1.51. The van der Waals surface area contributed by atoms with Gasteiger partial charge in [0.05, 0.1) is 11.7 Å². The lowest BCUT2D eigenvalue weighted by Crippen LogP contribution is -2.43. The van der Waals surface area contributed by atoms with E-state index in [0.29, 0.717) is 5.57 Å². The van der Waals surface area contributed by atoms with E-state index in [2.05, 4.69) is 11.8 Å². The van der Waals surface area contributed by atoms with Crippen molar-refractivity contribution in [3.63, 3.8) is 0 Å². The standard InChI is InChI=1S/C16H24O3/c1-11-12(9-8-10-15(2,3)4)13(17)19-14(18-11)16(5,6)7/h9,11,14H,1-7H3/b12-9+/t11-,14-/m1/s1. The van der Waals surface area contributed by atoms with E-state index in [1.54, 1.807) is 6.08 Å². The van der Waals surface area contributed by atoms with Gasteiger partial charge >= 0.3 is 5.97 Å². The fraction of sp³-hybridized carbons (Fsp3) is 0.688. The fourth-order valence-corrected chi connectivity index (χ4v) is 1.51. The molecular formula is C16H24O3. The zero-order valence-electron chi connectivity index (χ0n) is 13.0. The maximum Gasteiger partial charge on any atom is 0.339 e. The van der Waals surface area contributed by atoms with Crippen molar-refractivity contribution in [1.29, 1.82) is 0 Å². The molecule has 0 spiro atoms. The van der Waals surface area contributed by atoms with Crippen LogP contribution in [-0.4, -0.2) is 18.4 Å². The monoisotopic (exact) mass is 264 g/mol. The Balaban J connectivity index is 2.87. The van der Waals surface area contributed by atoms with E-state index < -0.39 is 6.29 Å². The first kappa shape index (κ1) is 15.8. The second kappa shape index (κ2) is 5.38. The van der Waals surface area contributed by atoms with Crippen LogP contribution in [0.25, 0.3) is 0 Å². The molecule has 1 aliphatic heterocycles. The molecule has 0 unspecified atom stereocenters. The number of esters is 1. The summed E-state index contributed by atoms with van der Waals surface area (Å²) in [6, 6.07) is 0. The third kappa shape index (κ3) is 4.72. The zero-order valence-corrected chi connectivity index (χ0v) is 13.0. The molecule has 3 nitrogen and oxygen atoms in total. The number of hydrogen-bond acceptors (Lipinski definition) is 3. The molecule has 0 aromatic carbocycles. The topological polar surface area (TPSA) is 35.5 Å². The molecule has 3 heteroatoms. The van der Waals surface area contributed by atoms with Gasteiger partial charge in [-0.2, -0.15) is 0 Å². The number of allylic oxidation sites excluding steroid dienone is 1. The van der Waals surface area contributed by atoms with Crippen LogP contribution in [0.4, 0.5) is 0 Å². The Morgan fingerprint density at radius 2 is 1.74 bits per heavy atom. The van der Waals surface area contributed by atoms with Crippen molar-refractivity contribution in [2.75, 3.05) is 0 Å². The minimum atomic E-state index is -0.511. The molecule has 0 N–H and O–H groups in total. The van der Waals surface area contributed by atoms with Crippen molar-refractivity contribution >= 4 is 5.97 Å². The highest BCUT2D eigenvalue weighted by Gasteiger charge is 2.38. The average Bonchev–Trinajstić information content (AvgIpc) is 2.18. The van der Waals surface area contributed by atoms with Gasteiger partial charge in [0.1, 0.15) is 0 Å². The lowest BCUT2D eigenvalue weighted by molar-refractivity contribution is -0.225. The van der Waals surface area contributed by atoms with Gasteiger partial charge in [-0.3, -0.25) is 0 Å². The summed E-state index contributed by atoms with van der Waals surface area (Å²) in [5, 5.41) is 0. The second-order valence-electron chi connectivity index (χ2n) is 7.00. The van der Waals surface area contributed by atoms with Crippen molar-refractivity contribution in [3.05, 3.63) is 11.6 Å². The largest absolute Gasteiger partial charge is 0.432 e. The summed E-state index contributed by atoms with van der Waals surface area (Å²) in [6.45, 7) is 13.8. The van der Waals surface area contributed by atoms with Crippen molar-refractivity contribution in [1.82, 2.24) is 0 Å². The molecule has 1 rings (SSSR count). The zero-order chi connectivity index (χ0) is 14.8. The van der Waals surface area contributed by atoms with Crippen molar-refractivity contribution in [3.8, 4) is 11.8 Å². The van der Waals surface area contributed by atoms with E-state index in [1.807, 2.05) is 48.5 Å². The van der Waals surface area contributed by atoms with Crippen LogP contribution in [0.2, 0.25) is 0 Å². The molecule has 0 aromatic heterocycles. The summed E-state index contributed by atoms with van der Waals surface area (Å²) in [7, 11) is 0. The van der Waals surface area contributed by atoms with Crippen LogP contribution in [0, 0.1) is 22.7 Å². The molecule has 0 radical (unpaired) electrons. The molecule has 1 saturated heterocycles. The predicted octanol–water partition coefficient (Wildman–Crippen LogP) is 3.30. The maximum absolute atomic E-state index is 12.0. The summed E-state index contributed by atoms with van der Waals surface area (Å²) in [5.41, 5.74) is 0.164. The van der Waals surface area contributed by atoms with E-state index in [0.717, 1.165) is 0 Å². The van der Waals surface area contributed by atoms with Crippen molar-refractivity contribution in [2.45, 2.75) is 60.9 Å². The molecule has 1 fully saturated rings. The number of carbonyl (C=O) groups excluding carboxylic acids is 1. The third-order valence-corrected chi connectivity index (χ3v) is 2.60. The van der Waals surface area contributed by atoms with Crippen molar-refractivity contribution < 1.29 is 14.3 Å². The van der Waals surface area contributed by atoms with Gasteiger partial charge in [-0.25, -0.2) is 4.79 Å². The smallest absolute Gasteiger partial charge is 0.339 e. The van der Waals surface area contributed by atoms with E-state index in [9.17, 15) is 4.79 Å². The molecule has 1 aliphatic rings. The number of ether oxygens (including phenoxy) is 2. The minimum Gasteiger partial charge on any atom is -0.432 e. The summed E-state index contributed by atoms with van der Waals surface area (Å²) >= 11 is 0. The predicted molar refractivity (Wildman–Crippen MR) is 75.2 cm³/mol. The minimum absolute atomic E-state index is 0.0896.